The molecule has 0 bridgehead atoms. The first-order chi connectivity index (χ1) is 12.3. The van der Waals surface area contributed by atoms with Crippen molar-refractivity contribution < 1.29 is 17.0 Å². The van der Waals surface area contributed by atoms with Crippen LogP contribution in [0.2, 0.25) is 10.0 Å². The highest BCUT2D eigenvalue weighted by Crippen LogP contribution is 2.28. The molecule has 0 spiro atoms. The molecule has 8 heteroatoms. The zero-order valence-electron chi connectivity index (χ0n) is 14.0. The van der Waals surface area contributed by atoms with Crippen molar-refractivity contribution in [3.63, 3.8) is 0 Å². The highest BCUT2D eigenvalue weighted by Gasteiger charge is 2.13. The van der Waals surface area contributed by atoms with Crippen molar-refractivity contribution in [2.45, 2.75) is 19.3 Å². The van der Waals surface area contributed by atoms with Crippen molar-refractivity contribution >= 4 is 44.4 Å². The van der Waals surface area contributed by atoms with Gasteiger partial charge < -0.3 is 4.42 Å². The Labute approximate surface area is 162 Å². The minimum atomic E-state index is -3.44. The third kappa shape index (κ3) is 4.98. The van der Waals surface area contributed by atoms with Gasteiger partial charge in [-0.15, -0.1) is 0 Å². The molecule has 0 aliphatic carbocycles. The summed E-state index contributed by atoms with van der Waals surface area (Å²) in [6, 6.07) is 11.1. The second-order valence-electron chi connectivity index (χ2n) is 5.92. The molecule has 0 radical (unpaired) electrons. The van der Waals surface area contributed by atoms with Gasteiger partial charge in [0.25, 0.3) is 10.1 Å². The normalized spacial score (nSPS) is 12.0. The monoisotopic (exact) mass is 413 g/mol. The van der Waals surface area contributed by atoms with E-state index in [1.54, 1.807) is 12.1 Å². The minimum absolute atomic E-state index is 0.105. The number of hydrogen-bond donors (Lipinski definition) is 0. The number of benzene rings is 2. The van der Waals surface area contributed by atoms with Crippen LogP contribution in [0.3, 0.4) is 0 Å². The molecule has 0 saturated carbocycles. The number of nitrogens with zero attached hydrogens (tertiary/aromatic N) is 1. The van der Waals surface area contributed by atoms with Crippen LogP contribution in [-0.2, 0) is 27.1 Å². The van der Waals surface area contributed by atoms with Crippen LogP contribution in [0.4, 0.5) is 0 Å². The van der Waals surface area contributed by atoms with E-state index < -0.39 is 10.1 Å². The first kappa shape index (κ1) is 19.2. The summed E-state index contributed by atoms with van der Waals surface area (Å²) in [5, 5.41) is 1.21. The third-order valence-electron chi connectivity index (χ3n) is 3.76. The van der Waals surface area contributed by atoms with Crippen LogP contribution < -0.4 is 0 Å². The van der Waals surface area contributed by atoms with Crippen molar-refractivity contribution in [3.8, 4) is 0 Å². The van der Waals surface area contributed by atoms with Gasteiger partial charge in [-0.2, -0.15) is 8.42 Å². The number of fused-ring (bicyclic) bond motifs is 1. The van der Waals surface area contributed by atoms with Crippen LogP contribution in [-0.4, -0.2) is 26.3 Å². The van der Waals surface area contributed by atoms with Crippen molar-refractivity contribution in [2.24, 2.45) is 0 Å². The minimum Gasteiger partial charge on any atom is -0.440 e. The van der Waals surface area contributed by atoms with E-state index in [4.69, 9.17) is 31.8 Å². The summed E-state index contributed by atoms with van der Waals surface area (Å²) in [7, 11) is -3.44. The molecule has 3 aromatic rings. The standard InChI is InChI=1S/C18H17Cl2NO4S/c1-26(22,23)24-8-4-6-13-9-14(19)11-16-18(13)25-17(21-16)10-12-5-2-3-7-15(12)20/h2-3,5,7,9,11H,4,6,8,10H2,1H3. The zero-order valence-corrected chi connectivity index (χ0v) is 16.4. The van der Waals surface area contributed by atoms with Crippen LogP contribution in [0.25, 0.3) is 11.1 Å². The van der Waals surface area contributed by atoms with E-state index in [2.05, 4.69) is 4.98 Å². The molecule has 1 aromatic heterocycles. The molecular formula is C18H17Cl2NO4S. The molecule has 5 nitrogen and oxygen atoms in total. The largest absolute Gasteiger partial charge is 0.440 e. The molecule has 0 atom stereocenters. The smallest absolute Gasteiger partial charge is 0.264 e. The van der Waals surface area contributed by atoms with Crippen LogP contribution in [0.15, 0.2) is 40.8 Å². The van der Waals surface area contributed by atoms with Gasteiger partial charge in [-0.05, 0) is 42.2 Å². The number of halogens is 2. The van der Waals surface area contributed by atoms with Gasteiger partial charge >= 0.3 is 0 Å². The SMILES string of the molecule is CS(=O)(=O)OCCCc1cc(Cl)cc2nc(Cc3ccccc3Cl)oc12. The predicted molar refractivity (Wildman–Crippen MR) is 102 cm³/mol. The summed E-state index contributed by atoms with van der Waals surface area (Å²) in [5.41, 5.74) is 3.10. The molecule has 0 fully saturated rings. The first-order valence-electron chi connectivity index (χ1n) is 7.97. The van der Waals surface area contributed by atoms with Gasteiger partial charge in [-0.3, -0.25) is 4.18 Å². The molecule has 0 saturated heterocycles. The summed E-state index contributed by atoms with van der Waals surface area (Å²) in [6.07, 6.45) is 2.58. The van der Waals surface area contributed by atoms with Gasteiger partial charge in [0, 0.05) is 10.0 Å². The van der Waals surface area contributed by atoms with Crippen LogP contribution in [0.5, 0.6) is 0 Å². The highest BCUT2D eigenvalue weighted by molar-refractivity contribution is 7.85. The van der Waals surface area contributed by atoms with E-state index in [0.29, 0.717) is 46.3 Å². The molecular weight excluding hydrogens is 397 g/mol. The fourth-order valence-corrected chi connectivity index (χ4v) is 3.51. The Balaban J connectivity index is 1.81. The quantitative estimate of drug-likeness (QED) is 0.416. The lowest BCUT2D eigenvalue weighted by molar-refractivity contribution is 0.316. The van der Waals surface area contributed by atoms with Crippen LogP contribution >= 0.6 is 23.2 Å². The Hall–Kier alpha value is -1.60. The zero-order chi connectivity index (χ0) is 18.7. The summed E-state index contributed by atoms with van der Waals surface area (Å²) in [5.74, 6) is 0.545. The molecule has 26 heavy (non-hydrogen) atoms. The third-order valence-corrected chi connectivity index (χ3v) is 4.95. The van der Waals surface area contributed by atoms with E-state index in [0.717, 1.165) is 17.4 Å². The Morgan fingerprint density at radius 2 is 1.92 bits per heavy atom. The van der Waals surface area contributed by atoms with E-state index in [1.165, 1.54) is 0 Å². The maximum absolute atomic E-state index is 11.0. The Kier molecular flexibility index (Phi) is 5.87. The van der Waals surface area contributed by atoms with E-state index in [-0.39, 0.29) is 6.61 Å². The van der Waals surface area contributed by atoms with E-state index in [9.17, 15) is 8.42 Å². The Morgan fingerprint density at radius 3 is 2.65 bits per heavy atom. The summed E-state index contributed by atoms with van der Waals surface area (Å²) in [4.78, 5) is 4.50. The highest BCUT2D eigenvalue weighted by atomic mass is 35.5. The summed E-state index contributed by atoms with van der Waals surface area (Å²) < 4.78 is 32.8. The molecule has 0 aliphatic heterocycles. The molecule has 0 N–H and O–H groups in total. The molecule has 0 amide bonds. The fourth-order valence-electron chi connectivity index (χ4n) is 2.65. The van der Waals surface area contributed by atoms with Gasteiger partial charge in [0.2, 0.25) is 0 Å². The maximum Gasteiger partial charge on any atom is 0.264 e. The number of aryl methyl sites for hydroxylation is 1. The summed E-state index contributed by atoms with van der Waals surface area (Å²) in [6.45, 7) is 0.105. The van der Waals surface area contributed by atoms with Crippen LogP contribution in [0, 0.1) is 0 Å². The van der Waals surface area contributed by atoms with E-state index in [1.807, 2.05) is 24.3 Å². The van der Waals surface area contributed by atoms with E-state index >= 15 is 0 Å². The maximum atomic E-state index is 11.0. The molecule has 0 unspecified atom stereocenters. The number of rotatable bonds is 7. The van der Waals surface area contributed by atoms with Crippen molar-refractivity contribution in [3.05, 3.63) is 63.5 Å². The Bertz CT molecular complexity index is 1030. The predicted octanol–water partition coefficient (Wildman–Crippen LogP) is 4.63. The van der Waals surface area contributed by atoms with Gasteiger partial charge in [0.05, 0.1) is 19.3 Å². The lowest BCUT2D eigenvalue weighted by Crippen LogP contribution is -2.05. The average molecular weight is 414 g/mol. The average Bonchev–Trinajstić information content (AvgIpc) is 2.95. The lowest BCUT2D eigenvalue weighted by atomic mass is 10.1. The molecule has 0 aliphatic rings. The van der Waals surface area contributed by atoms with Gasteiger partial charge in [0.15, 0.2) is 11.5 Å². The molecule has 2 aromatic carbocycles. The number of aromatic nitrogens is 1. The van der Waals surface area contributed by atoms with Crippen molar-refractivity contribution in [1.29, 1.82) is 0 Å². The molecule has 1 heterocycles. The second kappa shape index (κ2) is 7.96. The lowest BCUT2D eigenvalue weighted by Gasteiger charge is -2.03. The van der Waals surface area contributed by atoms with Crippen molar-refractivity contribution in [2.75, 3.05) is 12.9 Å². The summed E-state index contributed by atoms with van der Waals surface area (Å²) >= 11 is 12.4. The second-order valence-corrected chi connectivity index (χ2v) is 8.41. The molecule has 138 valence electrons. The van der Waals surface area contributed by atoms with Gasteiger partial charge in [-0.1, -0.05) is 41.4 Å². The van der Waals surface area contributed by atoms with Gasteiger partial charge in [-0.25, -0.2) is 4.98 Å². The van der Waals surface area contributed by atoms with Crippen molar-refractivity contribution in [1.82, 2.24) is 4.98 Å². The topological polar surface area (TPSA) is 69.4 Å². The Morgan fingerprint density at radius 1 is 1.15 bits per heavy atom. The number of hydrogen-bond acceptors (Lipinski definition) is 5. The van der Waals surface area contributed by atoms with Crippen LogP contribution in [0.1, 0.15) is 23.4 Å². The fraction of sp³-hybridized carbons (Fsp3) is 0.278. The number of oxazole rings is 1. The molecule has 3 rings (SSSR count). The first-order valence-corrected chi connectivity index (χ1v) is 10.5. The van der Waals surface area contributed by atoms with Gasteiger partial charge in [0.1, 0.15) is 5.52 Å².